The lowest BCUT2D eigenvalue weighted by Crippen LogP contribution is -2.17. The van der Waals surface area contributed by atoms with Crippen molar-refractivity contribution >= 4 is 16.7 Å². The molecule has 3 heterocycles. The van der Waals surface area contributed by atoms with Crippen molar-refractivity contribution < 1.29 is 0 Å². The third-order valence-corrected chi connectivity index (χ3v) is 4.94. The van der Waals surface area contributed by atoms with Gasteiger partial charge in [0.15, 0.2) is 5.82 Å². The standard InChI is InChI=1S/C23H23N5/c1-2-17(14-18-6-4-3-5-7-18)15-26-23-20-10-13-25-16-21(20)27-22(28-23)19-8-11-24-12-9-19/h3-13,16-17H,2,14-15H2,1H3,(H,26,27,28)/t17-/m0/s1. The molecule has 0 spiro atoms. The van der Waals surface area contributed by atoms with E-state index in [9.17, 15) is 0 Å². The molecule has 0 saturated heterocycles. The Balaban J connectivity index is 1.60. The fraction of sp³-hybridized carbons (Fsp3) is 0.217. The molecule has 28 heavy (non-hydrogen) atoms. The van der Waals surface area contributed by atoms with Gasteiger partial charge in [-0.1, -0.05) is 43.7 Å². The normalized spacial score (nSPS) is 12.0. The first-order chi connectivity index (χ1) is 13.8. The van der Waals surface area contributed by atoms with Gasteiger partial charge < -0.3 is 5.32 Å². The molecule has 4 rings (SSSR count). The zero-order chi connectivity index (χ0) is 19.2. The van der Waals surface area contributed by atoms with Crippen molar-refractivity contribution in [2.75, 3.05) is 11.9 Å². The molecule has 0 fully saturated rings. The Morgan fingerprint density at radius 1 is 0.893 bits per heavy atom. The average molecular weight is 369 g/mol. The largest absolute Gasteiger partial charge is 0.369 e. The Hall–Kier alpha value is -3.34. The number of anilines is 1. The fourth-order valence-electron chi connectivity index (χ4n) is 3.29. The van der Waals surface area contributed by atoms with Crippen LogP contribution in [-0.2, 0) is 6.42 Å². The summed E-state index contributed by atoms with van der Waals surface area (Å²) in [7, 11) is 0. The number of nitrogens with zero attached hydrogens (tertiary/aromatic N) is 4. The molecule has 4 aromatic rings. The van der Waals surface area contributed by atoms with E-state index in [1.54, 1.807) is 24.8 Å². The Kier molecular flexibility index (Phi) is 5.52. The maximum Gasteiger partial charge on any atom is 0.162 e. The molecule has 0 amide bonds. The van der Waals surface area contributed by atoms with E-state index >= 15 is 0 Å². The van der Waals surface area contributed by atoms with Crippen LogP contribution in [0.2, 0.25) is 0 Å². The minimum atomic E-state index is 0.527. The summed E-state index contributed by atoms with van der Waals surface area (Å²) in [6, 6.07) is 16.4. The molecule has 0 aliphatic heterocycles. The summed E-state index contributed by atoms with van der Waals surface area (Å²) in [5, 5.41) is 4.56. The summed E-state index contributed by atoms with van der Waals surface area (Å²) >= 11 is 0. The van der Waals surface area contributed by atoms with Crippen molar-refractivity contribution in [1.29, 1.82) is 0 Å². The molecule has 0 aliphatic carbocycles. The molecular formula is C23H23N5. The molecule has 0 aliphatic rings. The molecule has 0 unspecified atom stereocenters. The maximum absolute atomic E-state index is 4.81. The molecular weight excluding hydrogens is 346 g/mol. The van der Waals surface area contributed by atoms with Gasteiger partial charge in [0.2, 0.25) is 0 Å². The van der Waals surface area contributed by atoms with Gasteiger partial charge in [-0.15, -0.1) is 0 Å². The van der Waals surface area contributed by atoms with Gasteiger partial charge in [-0.3, -0.25) is 9.97 Å². The van der Waals surface area contributed by atoms with Crippen LogP contribution in [0.3, 0.4) is 0 Å². The van der Waals surface area contributed by atoms with E-state index in [-0.39, 0.29) is 0 Å². The molecule has 1 N–H and O–H groups in total. The lowest BCUT2D eigenvalue weighted by Gasteiger charge is -2.17. The number of benzene rings is 1. The van der Waals surface area contributed by atoms with Gasteiger partial charge in [0.25, 0.3) is 0 Å². The van der Waals surface area contributed by atoms with E-state index in [0.717, 1.165) is 41.7 Å². The lowest BCUT2D eigenvalue weighted by molar-refractivity contribution is 0.533. The van der Waals surface area contributed by atoms with Crippen LogP contribution in [-0.4, -0.2) is 26.5 Å². The van der Waals surface area contributed by atoms with Crippen molar-refractivity contribution in [2.45, 2.75) is 19.8 Å². The minimum absolute atomic E-state index is 0.527. The summed E-state index contributed by atoms with van der Waals surface area (Å²) in [5.74, 6) is 2.06. The van der Waals surface area contributed by atoms with Crippen molar-refractivity contribution in [3.8, 4) is 11.4 Å². The second-order valence-corrected chi connectivity index (χ2v) is 6.87. The van der Waals surface area contributed by atoms with Gasteiger partial charge in [0, 0.05) is 36.1 Å². The van der Waals surface area contributed by atoms with Gasteiger partial charge in [-0.2, -0.15) is 0 Å². The third kappa shape index (κ3) is 4.14. The number of nitrogens with one attached hydrogen (secondary N) is 1. The van der Waals surface area contributed by atoms with Gasteiger partial charge in [-0.05, 0) is 36.1 Å². The quantitative estimate of drug-likeness (QED) is 0.508. The fourth-order valence-corrected chi connectivity index (χ4v) is 3.29. The highest BCUT2D eigenvalue weighted by Gasteiger charge is 2.12. The molecule has 1 atom stereocenters. The van der Waals surface area contributed by atoms with E-state index in [1.165, 1.54) is 5.56 Å². The second kappa shape index (κ2) is 8.57. The smallest absolute Gasteiger partial charge is 0.162 e. The first-order valence-electron chi connectivity index (χ1n) is 9.63. The van der Waals surface area contributed by atoms with Crippen LogP contribution in [0.25, 0.3) is 22.3 Å². The highest BCUT2D eigenvalue weighted by Crippen LogP contribution is 2.24. The van der Waals surface area contributed by atoms with Crippen LogP contribution in [0.5, 0.6) is 0 Å². The van der Waals surface area contributed by atoms with Crippen LogP contribution in [0, 0.1) is 5.92 Å². The Morgan fingerprint density at radius 2 is 1.68 bits per heavy atom. The predicted molar refractivity (Wildman–Crippen MR) is 113 cm³/mol. The first kappa shape index (κ1) is 18.0. The van der Waals surface area contributed by atoms with Gasteiger partial charge in [0.1, 0.15) is 5.82 Å². The Bertz CT molecular complexity index is 1030. The van der Waals surface area contributed by atoms with Crippen LogP contribution in [0.15, 0.2) is 73.3 Å². The van der Waals surface area contributed by atoms with Crippen LogP contribution < -0.4 is 5.32 Å². The SMILES string of the molecule is CC[C@H](CNc1nc(-c2ccncc2)nc2cnccc12)Cc1ccccc1. The molecule has 1 aromatic carbocycles. The molecule has 140 valence electrons. The van der Waals surface area contributed by atoms with Gasteiger partial charge in [0.05, 0.1) is 11.7 Å². The van der Waals surface area contributed by atoms with Crippen LogP contribution >= 0.6 is 0 Å². The summed E-state index contributed by atoms with van der Waals surface area (Å²) < 4.78 is 0. The molecule has 5 heteroatoms. The molecule has 3 aromatic heterocycles. The van der Waals surface area contributed by atoms with Crippen molar-refractivity contribution in [3.05, 3.63) is 78.9 Å². The highest BCUT2D eigenvalue weighted by atomic mass is 15.0. The first-order valence-corrected chi connectivity index (χ1v) is 9.63. The van der Waals surface area contributed by atoms with E-state index in [2.05, 4.69) is 57.5 Å². The summed E-state index contributed by atoms with van der Waals surface area (Å²) in [6.45, 7) is 3.09. The van der Waals surface area contributed by atoms with E-state index in [0.29, 0.717) is 11.7 Å². The average Bonchev–Trinajstić information content (AvgIpc) is 2.77. The molecule has 5 nitrogen and oxygen atoms in total. The predicted octanol–water partition coefficient (Wildman–Crippen LogP) is 4.77. The number of aromatic nitrogens is 4. The van der Waals surface area contributed by atoms with E-state index in [1.807, 2.05) is 18.2 Å². The Morgan fingerprint density at radius 3 is 2.46 bits per heavy atom. The number of hydrogen-bond acceptors (Lipinski definition) is 5. The molecule has 0 radical (unpaired) electrons. The lowest BCUT2D eigenvalue weighted by atomic mass is 9.97. The van der Waals surface area contributed by atoms with Gasteiger partial charge in [-0.25, -0.2) is 9.97 Å². The zero-order valence-corrected chi connectivity index (χ0v) is 15.9. The third-order valence-electron chi connectivity index (χ3n) is 4.94. The zero-order valence-electron chi connectivity index (χ0n) is 15.9. The van der Waals surface area contributed by atoms with Crippen LogP contribution in [0.4, 0.5) is 5.82 Å². The highest BCUT2D eigenvalue weighted by molar-refractivity contribution is 5.89. The summed E-state index contributed by atoms with van der Waals surface area (Å²) in [5.41, 5.74) is 3.15. The number of pyridine rings is 2. The number of hydrogen-bond donors (Lipinski definition) is 1. The number of fused-ring (bicyclic) bond motifs is 1. The van der Waals surface area contributed by atoms with E-state index < -0.39 is 0 Å². The monoisotopic (exact) mass is 369 g/mol. The van der Waals surface area contributed by atoms with Crippen molar-refractivity contribution in [1.82, 2.24) is 19.9 Å². The molecule has 0 bridgehead atoms. The summed E-state index contributed by atoms with van der Waals surface area (Å²) in [4.78, 5) is 17.8. The van der Waals surface area contributed by atoms with Crippen molar-refractivity contribution in [2.24, 2.45) is 5.92 Å². The van der Waals surface area contributed by atoms with Gasteiger partial charge >= 0.3 is 0 Å². The minimum Gasteiger partial charge on any atom is -0.369 e. The maximum atomic E-state index is 4.81. The van der Waals surface area contributed by atoms with Crippen molar-refractivity contribution in [3.63, 3.8) is 0 Å². The second-order valence-electron chi connectivity index (χ2n) is 6.87. The topological polar surface area (TPSA) is 63.6 Å². The number of rotatable bonds is 7. The van der Waals surface area contributed by atoms with E-state index in [4.69, 9.17) is 4.98 Å². The summed E-state index contributed by atoms with van der Waals surface area (Å²) in [6.07, 6.45) is 9.23. The van der Waals surface area contributed by atoms with Crippen LogP contribution in [0.1, 0.15) is 18.9 Å². The molecule has 0 saturated carbocycles. The Labute approximate surface area is 164 Å².